The van der Waals surface area contributed by atoms with Crippen LogP contribution in [0.15, 0.2) is 35.3 Å². The van der Waals surface area contributed by atoms with Crippen molar-refractivity contribution < 1.29 is 24.3 Å². The summed E-state index contributed by atoms with van der Waals surface area (Å²) in [6.07, 6.45) is 0.0150. The Morgan fingerprint density at radius 2 is 1.76 bits per heavy atom. The summed E-state index contributed by atoms with van der Waals surface area (Å²) in [6, 6.07) is 6.66. The Bertz CT molecular complexity index is 645. The van der Waals surface area contributed by atoms with E-state index >= 15 is 0 Å². The van der Waals surface area contributed by atoms with Gasteiger partial charge in [0, 0.05) is 19.8 Å². The van der Waals surface area contributed by atoms with Crippen molar-refractivity contribution in [1.29, 1.82) is 0 Å². The van der Waals surface area contributed by atoms with Gasteiger partial charge in [0.05, 0.1) is 0 Å². The summed E-state index contributed by atoms with van der Waals surface area (Å²) in [6.45, 7) is 4.33. The quantitative estimate of drug-likeness (QED) is 0.555. The number of rotatable bonds is 9. The number of aliphatic imine (C=N–C) groups is 1. The highest BCUT2D eigenvalue weighted by Gasteiger charge is 2.26. The van der Waals surface area contributed by atoms with Crippen LogP contribution in [0.2, 0.25) is 0 Å². The highest BCUT2D eigenvalue weighted by molar-refractivity contribution is 5.90. The summed E-state index contributed by atoms with van der Waals surface area (Å²) in [4.78, 5) is 49.5. The molecule has 3 amide bonds. The molecule has 134 valence electrons. The molecule has 0 fully saturated rings. The van der Waals surface area contributed by atoms with E-state index in [1.165, 1.54) is 6.92 Å². The van der Waals surface area contributed by atoms with Crippen molar-refractivity contribution in [3.63, 3.8) is 0 Å². The molecule has 0 radical (unpaired) electrons. The first-order valence-corrected chi connectivity index (χ1v) is 7.67. The fourth-order valence-electron chi connectivity index (χ4n) is 2.18. The molecule has 2 atom stereocenters. The summed E-state index contributed by atoms with van der Waals surface area (Å²) in [5, 5.41) is 14.1. The maximum atomic E-state index is 12.3. The second-order valence-corrected chi connectivity index (χ2v) is 5.43. The molecule has 0 unspecified atom stereocenters. The van der Waals surface area contributed by atoms with Gasteiger partial charge >= 0.3 is 5.97 Å². The van der Waals surface area contributed by atoms with Crippen molar-refractivity contribution in [2.75, 3.05) is 0 Å². The molecule has 0 aliphatic heterocycles. The molecule has 1 aromatic rings. The molecule has 25 heavy (non-hydrogen) atoms. The number of aliphatic carboxylic acids is 1. The minimum absolute atomic E-state index is 0.000935. The Morgan fingerprint density at radius 3 is 2.28 bits per heavy atom. The first kappa shape index (κ1) is 20.0. The van der Waals surface area contributed by atoms with Gasteiger partial charge in [-0.3, -0.25) is 14.4 Å². The van der Waals surface area contributed by atoms with Crippen LogP contribution in [0.3, 0.4) is 0 Å². The van der Waals surface area contributed by atoms with Crippen LogP contribution in [0, 0.1) is 0 Å². The largest absolute Gasteiger partial charge is 0.480 e. The van der Waals surface area contributed by atoms with Crippen molar-refractivity contribution >= 4 is 30.4 Å². The van der Waals surface area contributed by atoms with Crippen molar-refractivity contribution in [3.8, 4) is 0 Å². The Hall–Kier alpha value is -3.03. The van der Waals surface area contributed by atoms with Crippen molar-refractivity contribution in [3.05, 3.63) is 35.9 Å². The maximum absolute atomic E-state index is 12.3. The van der Waals surface area contributed by atoms with Crippen LogP contribution >= 0.6 is 0 Å². The number of nitrogens with zero attached hydrogens (tertiary/aromatic N) is 1. The molecule has 8 nitrogen and oxygen atoms in total. The van der Waals surface area contributed by atoms with Crippen LogP contribution in [0.25, 0.3) is 0 Å². The van der Waals surface area contributed by atoms with Gasteiger partial charge < -0.3 is 15.7 Å². The number of carbonyl (C=O) groups excluding carboxylic acids is 3. The molecular formula is C17H21N3O5. The zero-order valence-electron chi connectivity index (χ0n) is 13.9. The number of nitrogens with one attached hydrogen (secondary N) is 2. The minimum atomic E-state index is -1.19. The Labute approximate surface area is 145 Å². The van der Waals surface area contributed by atoms with E-state index in [2.05, 4.69) is 22.3 Å². The third-order valence-electron chi connectivity index (χ3n) is 3.41. The number of hydrogen-bond acceptors (Lipinski definition) is 4. The van der Waals surface area contributed by atoms with E-state index in [-0.39, 0.29) is 19.3 Å². The Morgan fingerprint density at radius 1 is 1.12 bits per heavy atom. The number of carboxylic acids is 1. The zero-order valence-corrected chi connectivity index (χ0v) is 13.9. The molecule has 8 heteroatoms. The van der Waals surface area contributed by atoms with Gasteiger partial charge in [0.1, 0.15) is 12.1 Å². The van der Waals surface area contributed by atoms with Crippen molar-refractivity contribution in [2.45, 2.75) is 38.3 Å². The lowest BCUT2D eigenvalue weighted by Crippen LogP contribution is -2.52. The number of amides is 3. The third-order valence-corrected chi connectivity index (χ3v) is 3.41. The molecule has 3 N–H and O–H groups in total. The van der Waals surface area contributed by atoms with E-state index in [9.17, 15) is 24.3 Å². The summed E-state index contributed by atoms with van der Waals surface area (Å²) in [5.41, 5.74) is 0.748. The van der Waals surface area contributed by atoms with E-state index < -0.39 is 35.8 Å². The summed E-state index contributed by atoms with van der Waals surface area (Å²) < 4.78 is 0. The lowest BCUT2D eigenvalue weighted by molar-refractivity contribution is -0.142. The SMILES string of the molecule is C=NC(=O)CC[C@H](NC(C)=O)C(=O)N[C@@H](Cc1ccccc1)C(=O)O. The van der Waals surface area contributed by atoms with Gasteiger partial charge in [0.15, 0.2) is 0 Å². The molecular weight excluding hydrogens is 326 g/mol. The van der Waals surface area contributed by atoms with E-state index in [1.54, 1.807) is 30.3 Å². The van der Waals surface area contributed by atoms with Crippen molar-refractivity contribution in [1.82, 2.24) is 10.6 Å². The molecule has 0 spiro atoms. The van der Waals surface area contributed by atoms with Crippen LogP contribution in [0.1, 0.15) is 25.3 Å². The fourth-order valence-corrected chi connectivity index (χ4v) is 2.18. The molecule has 0 aliphatic rings. The van der Waals surface area contributed by atoms with Gasteiger partial charge in [-0.2, -0.15) is 0 Å². The highest BCUT2D eigenvalue weighted by Crippen LogP contribution is 2.06. The lowest BCUT2D eigenvalue weighted by Gasteiger charge is -2.20. The Kier molecular flexibility index (Phi) is 7.98. The molecule has 0 bridgehead atoms. The summed E-state index contributed by atoms with van der Waals surface area (Å²) in [5.74, 6) is -2.84. The van der Waals surface area contributed by atoms with Crippen LogP contribution in [0.4, 0.5) is 0 Å². The van der Waals surface area contributed by atoms with Gasteiger partial charge in [-0.1, -0.05) is 30.3 Å². The number of hydrogen-bond donors (Lipinski definition) is 3. The summed E-state index contributed by atoms with van der Waals surface area (Å²) >= 11 is 0. The van der Waals surface area contributed by atoms with E-state index in [1.807, 2.05) is 0 Å². The van der Waals surface area contributed by atoms with Crippen LogP contribution in [-0.2, 0) is 25.6 Å². The summed E-state index contributed by atoms with van der Waals surface area (Å²) in [7, 11) is 0. The van der Waals surface area contributed by atoms with Crippen LogP contribution in [0.5, 0.6) is 0 Å². The molecule has 1 aromatic carbocycles. The molecule has 1 rings (SSSR count). The van der Waals surface area contributed by atoms with Crippen molar-refractivity contribution in [2.24, 2.45) is 4.99 Å². The smallest absolute Gasteiger partial charge is 0.326 e. The Balaban J connectivity index is 2.78. The molecule has 0 aromatic heterocycles. The number of carbonyl (C=O) groups is 4. The molecule has 0 heterocycles. The standard InChI is InChI=1S/C17H21N3O5/c1-11(21)19-13(8-9-15(22)18-2)16(23)20-14(17(24)25)10-12-6-4-3-5-7-12/h3-7,13-14H,2,8-10H2,1H3,(H,19,21)(H,20,23)(H,24,25)/t13-,14-/m0/s1. The van der Waals surface area contributed by atoms with Crippen LogP contribution in [-0.4, -0.2) is 47.6 Å². The normalized spacial score (nSPS) is 12.5. The first-order valence-electron chi connectivity index (χ1n) is 7.67. The second-order valence-electron chi connectivity index (χ2n) is 5.43. The monoisotopic (exact) mass is 347 g/mol. The third kappa shape index (κ3) is 7.38. The number of carboxylic acid groups (broad SMARTS) is 1. The maximum Gasteiger partial charge on any atom is 0.326 e. The van der Waals surface area contributed by atoms with Gasteiger partial charge in [-0.05, 0) is 18.7 Å². The van der Waals surface area contributed by atoms with E-state index in [0.717, 1.165) is 5.56 Å². The van der Waals surface area contributed by atoms with E-state index in [0.29, 0.717) is 0 Å². The average Bonchev–Trinajstić information content (AvgIpc) is 2.58. The van der Waals surface area contributed by atoms with E-state index in [4.69, 9.17) is 0 Å². The average molecular weight is 347 g/mol. The fraction of sp³-hybridized carbons (Fsp3) is 0.353. The van der Waals surface area contributed by atoms with Crippen LogP contribution < -0.4 is 10.6 Å². The van der Waals surface area contributed by atoms with Gasteiger partial charge in [0.25, 0.3) is 0 Å². The highest BCUT2D eigenvalue weighted by atomic mass is 16.4. The second kappa shape index (κ2) is 9.96. The first-order chi connectivity index (χ1) is 11.8. The predicted octanol–water partition coefficient (Wildman–Crippen LogP) is 0.311. The zero-order chi connectivity index (χ0) is 18.8. The topological polar surface area (TPSA) is 125 Å². The van der Waals surface area contributed by atoms with Gasteiger partial charge in [0.2, 0.25) is 17.7 Å². The number of benzene rings is 1. The molecule has 0 saturated heterocycles. The minimum Gasteiger partial charge on any atom is -0.480 e. The van der Waals surface area contributed by atoms with Gasteiger partial charge in [-0.25, -0.2) is 9.79 Å². The molecule has 0 aliphatic carbocycles. The lowest BCUT2D eigenvalue weighted by atomic mass is 10.0. The molecule has 0 saturated carbocycles. The van der Waals surface area contributed by atoms with Gasteiger partial charge in [-0.15, -0.1) is 0 Å². The predicted molar refractivity (Wildman–Crippen MR) is 91.1 cm³/mol.